The van der Waals surface area contributed by atoms with Crippen LogP contribution in [0.25, 0.3) is 0 Å². The highest BCUT2D eigenvalue weighted by Gasteiger charge is 2.31. The second kappa shape index (κ2) is 16.1. The van der Waals surface area contributed by atoms with Gasteiger partial charge in [0, 0.05) is 0 Å². The molecule has 2 aliphatic rings. The van der Waals surface area contributed by atoms with Crippen molar-refractivity contribution in [1.29, 1.82) is 0 Å². The van der Waals surface area contributed by atoms with E-state index >= 15 is 0 Å². The lowest BCUT2D eigenvalue weighted by Gasteiger charge is -2.36. The Morgan fingerprint density at radius 2 is 0.976 bits per heavy atom. The minimum absolute atomic E-state index is 0.0119. The quantitative estimate of drug-likeness (QED) is 0.261. The molecule has 0 aromatic carbocycles. The van der Waals surface area contributed by atoms with Gasteiger partial charge in [0.05, 0.1) is 6.10 Å². The third-order valence-corrected chi connectivity index (χ3v) is 8.47. The zero-order chi connectivity index (χ0) is 31.5. The highest BCUT2D eigenvalue weighted by atomic mass is 16.3. The molecule has 2 rings (SSSR count). The highest BCUT2D eigenvalue weighted by Crippen LogP contribution is 2.43. The minimum atomic E-state index is -0.221. The average molecular weight is 567 g/mol. The van der Waals surface area contributed by atoms with Gasteiger partial charge in [0.1, 0.15) is 0 Å². The van der Waals surface area contributed by atoms with Gasteiger partial charge >= 0.3 is 0 Å². The van der Waals surface area contributed by atoms with Gasteiger partial charge in [-0.2, -0.15) is 0 Å². The Morgan fingerprint density at radius 1 is 0.595 bits per heavy atom. The van der Waals surface area contributed by atoms with Gasteiger partial charge in [-0.05, 0) is 95.1 Å². The Morgan fingerprint density at radius 3 is 1.40 bits per heavy atom. The van der Waals surface area contributed by atoms with Crippen LogP contribution in [0.5, 0.6) is 0 Å². The van der Waals surface area contributed by atoms with Crippen LogP contribution in [0, 0.1) is 16.7 Å². The van der Waals surface area contributed by atoms with E-state index in [9.17, 15) is 5.11 Å². The smallest absolute Gasteiger partial charge is 0.0585 e. The van der Waals surface area contributed by atoms with Crippen molar-refractivity contribution in [1.82, 2.24) is 0 Å². The Bertz CT molecular complexity index is 1180. The van der Waals surface area contributed by atoms with Crippen molar-refractivity contribution in [2.45, 2.75) is 108 Å². The van der Waals surface area contributed by atoms with Gasteiger partial charge in [-0.1, -0.05) is 153 Å². The monoisotopic (exact) mass is 566 g/mol. The van der Waals surface area contributed by atoms with Crippen LogP contribution in [-0.4, -0.2) is 11.2 Å². The lowest BCUT2D eigenvalue weighted by Crippen LogP contribution is -2.28. The summed E-state index contributed by atoms with van der Waals surface area (Å²) in [5.41, 5.74) is 10.9. The summed E-state index contributed by atoms with van der Waals surface area (Å²) in [4.78, 5) is 0. The van der Waals surface area contributed by atoms with Crippen LogP contribution in [-0.2, 0) is 0 Å². The predicted octanol–water partition coefficient (Wildman–Crippen LogP) is 11.8. The summed E-state index contributed by atoms with van der Waals surface area (Å²) in [7, 11) is 0. The summed E-state index contributed by atoms with van der Waals surface area (Å²) in [6.07, 6.45) is 34.2. The number of aliphatic hydroxyl groups excluding tert-OH is 1. The molecule has 1 nitrogen and oxygen atoms in total. The Balaban J connectivity index is 1.90. The number of rotatable bonds is 10. The minimum Gasteiger partial charge on any atom is -0.393 e. The third-order valence-electron chi connectivity index (χ3n) is 8.47. The van der Waals surface area contributed by atoms with Crippen LogP contribution in [0.3, 0.4) is 0 Å². The fraction of sp³-hybridized carbons (Fsp3) is 0.463. The summed E-state index contributed by atoms with van der Waals surface area (Å²) in [5, 5.41) is 10.1. The second-order valence-corrected chi connectivity index (χ2v) is 14.1. The molecule has 0 spiro atoms. The molecule has 1 heteroatoms. The molecule has 0 amide bonds. The van der Waals surface area contributed by atoms with Crippen molar-refractivity contribution in [3.05, 3.63) is 130 Å². The average Bonchev–Trinajstić information content (AvgIpc) is 2.84. The highest BCUT2D eigenvalue weighted by molar-refractivity contribution is 5.39. The number of aliphatic hydroxyl groups is 1. The van der Waals surface area contributed by atoms with Crippen molar-refractivity contribution >= 4 is 0 Å². The van der Waals surface area contributed by atoms with Crippen molar-refractivity contribution in [3.63, 3.8) is 0 Å². The van der Waals surface area contributed by atoms with E-state index < -0.39 is 0 Å². The Labute approximate surface area is 259 Å². The van der Waals surface area contributed by atoms with Gasteiger partial charge < -0.3 is 5.11 Å². The van der Waals surface area contributed by atoms with Crippen LogP contribution >= 0.6 is 0 Å². The molecule has 0 aliphatic heterocycles. The molecular formula is C41H58O. The number of allylic oxidation sites excluding steroid dienone is 21. The molecule has 0 aromatic rings. The first-order valence-electron chi connectivity index (χ1n) is 15.8. The summed E-state index contributed by atoms with van der Waals surface area (Å²) in [6, 6.07) is 0. The topological polar surface area (TPSA) is 20.2 Å². The molecule has 0 heterocycles. The normalized spacial score (nSPS) is 25.0. The largest absolute Gasteiger partial charge is 0.393 e. The Hall–Kier alpha value is -2.90. The van der Waals surface area contributed by atoms with E-state index in [1.807, 2.05) is 0 Å². The molecule has 0 radical (unpaired) electrons. The predicted molar refractivity (Wildman–Crippen MR) is 187 cm³/mol. The van der Waals surface area contributed by atoms with Gasteiger partial charge in [-0.3, -0.25) is 0 Å². The zero-order valence-electron chi connectivity index (χ0n) is 28.5. The first-order chi connectivity index (χ1) is 19.6. The summed E-state index contributed by atoms with van der Waals surface area (Å²) < 4.78 is 0. The van der Waals surface area contributed by atoms with Gasteiger partial charge in [0.2, 0.25) is 0 Å². The number of hydrogen-bond donors (Lipinski definition) is 1. The first-order valence-corrected chi connectivity index (χ1v) is 15.8. The molecule has 0 unspecified atom stereocenters. The summed E-state index contributed by atoms with van der Waals surface area (Å²) >= 11 is 0. The van der Waals surface area contributed by atoms with Gasteiger partial charge in [0.25, 0.3) is 0 Å². The fourth-order valence-electron chi connectivity index (χ4n) is 6.58. The maximum absolute atomic E-state index is 10.1. The summed E-state index contributed by atoms with van der Waals surface area (Å²) in [6.45, 7) is 24.6. The second-order valence-electron chi connectivity index (χ2n) is 14.1. The van der Waals surface area contributed by atoms with Gasteiger partial charge in [0.15, 0.2) is 0 Å². The lowest BCUT2D eigenvalue weighted by atomic mass is 9.69. The maximum Gasteiger partial charge on any atom is 0.0585 e. The standard InChI is InChI=1S/C41H58O/c1-30(18-14-20-32(3)22-24-38-35(6)26-34(5)28-40(38,8)9)16-12-13-17-31(2)19-15-21-33(4)23-25-39-36(7)27-37(42)29-41(39,10)11/h12-25,34,37,42H,26-29H2,1-11H3/b13-12+,18-14+,19-15+,24-22+,25-23+,30-16+,31-17+,32-20+,33-21+/t34-,37-/m0/s1. The molecule has 2 atom stereocenters. The molecule has 0 fully saturated rings. The molecular weight excluding hydrogens is 508 g/mol. The molecule has 0 bridgehead atoms. The first kappa shape index (κ1) is 35.3. The van der Waals surface area contributed by atoms with E-state index in [0.29, 0.717) is 0 Å². The molecule has 0 saturated heterocycles. The molecule has 228 valence electrons. The van der Waals surface area contributed by atoms with Crippen LogP contribution in [0.15, 0.2) is 130 Å². The van der Waals surface area contributed by atoms with E-state index in [1.165, 1.54) is 57.4 Å². The maximum atomic E-state index is 10.1. The van der Waals surface area contributed by atoms with Crippen molar-refractivity contribution < 1.29 is 5.11 Å². The number of hydrogen-bond acceptors (Lipinski definition) is 1. The fourth-order valence-corrected chi connectivity index (χ4v) is 6.58. The molecule has 0 saturated carbocycles. The molecule has 0 aromatic heterocycles. The van der Waals surface area contributed by atoms with E-state index in [0.717, 1.165) is 18.8 Å². The zero-order valence-corrected chi connectivity index (χ0v) is 28.5. The van der Waals surface area contributed by atoms with E-state index in [-0.39, 0.29) is 16.9 Å². The van der Waals surface area contributed by atoms with E-state index in [4.69, 9.17) is 0 Å². The van der Waals surface area contributed by atoms with E-state index in [2.05, 4.69) is 161 Å². The third kappa shape index (κ3) is 11.8. The molecule has 1 N–H and O–H groups in total. The SMILES string of the molecule is CC1=C(/C=C/C(C)=C/C=C/C(C)=C/C=C/C=C(C)/C=C/C=C(C)/C=C/C2=C(C)C[C@H](O)CC2(C)C)C(C)(C)C[C@@H](C)C1. The van der Waals surface area contributed by atoms with E-state index in [1.54, 1.807) is 0 Å². The molecule has 2 aliphatic carbocycles. The van der Waals surface area contributed by atoms with Gasteiger partial charge in [-0.15, -0.1) is 0 Å². The Kier molecular flexibility index (Phi) is 13.5. The van der Waals surface area contributed by atoms with Crippen LogP contribution in [0.4, 0.5) is 0 Å². The van der Waals surface area contributed by atoms with Crippen molar-refractivity contribution in [2.75, 3.05) is 0 Å². The summed E-state index contributed by atoms with van der Waals surface area (Å²) in [5.74, 6) is 0.773. The van der Waals surface area contributed by atoms with Gasteiger partial charge in [-0.25, -0.2) is 0 Å². The van der Waals surface area contributed by atoms with Crippen molar-refractivity contribution in [2.24, 2.45) is 16.7 Å². The van der Waals surface area contributed by atoms with Crippen LogP contribution < -0.4 is 0 Å². The lowest BCUT2D eigenvalue weighted by molar-refractivity contribution is 0.116. The van der Waals surface area contributed by atoms with Crippen LogP contribution in [0.1, 0.15) is 102 Å². The van der Waals surface area contributed by atoms with Crippen molar-refractivity contribution in [3.8, 4) is 0 Å². The molecule has 42 heavy (non-hydrogen) atoms. The van der Waals surface area contributed by atoms with Crippen LogP contribution in [0.2, 0.25) is 0 Å².